The molecule has 2 saturated heterocycles. The van der Waals surface area contributed by atoms with Gasteiger partial charge in [-0.2, -0.15) is 0 Å². The number of phenols is 1. The number of carbonyl (C=O) groups excluding carboxylic acids is 12. The van der Waals surface area contributed by atoms with Gasteiger partial charge in [-0.25, -0.2) is 4.79 Å². The number of alkyl carbamates (subject to hydrolysis) is 1. The van der Waals surface area contributed by atoms with Crippen LogP contribution >= 0.6 is 21.6 Å². The lowest BCUT2D eigenvalue weighted by atomic mass is 9.96. The van der Waals surface area contributed by atoms with Crippen molar-refractivity contribution in [2.24, 2.45) is 29.0 Å². The number of hydrogen-bond donors (Lipinski definition) is 12. The SMILES string of the molecule is CC[C@H](C)[C@@H]1NC(=O)[C@H](Cc2ccc(O)cc2)NC(=O)[C@@H](NC(=O)OC(C)(C)C)CSSC[C@@H](C(=O)N2CCC[C@H]2C(=O)N[C@@H](CC(C)C)C(=O)NCC(N)=O)NC(=O)[C@H](CC(N)=O)NC(=O)[C@H](CCC(N)=O)NC1=O. The lowest BCUT2D eigenvalue weighted by molar-refractivity contribution is -0.142. The summed E-state index contributed by atoms with van der Waals surface area (Å²) in [5.74, 6) is -11.3. The number of benzene rings is 1. The number of amides is 12. The second kappa shape index (κ2) is 30.0. The van der Waals surface area contributed by atoms with Crippen LogP contribution in [0, 0.1) is 11.8 Å². The lowest BCUT2D eigenvalue weighted by Crippen LogP contribution is -2.62. The molecule has 26 nitrogen and oxygen atoms in total. The second-order valence-corrected chi connectivity index (χ2v) is 22.5. The predicted octanol–water partition coefficient (Wildman–Crippen LogP) is -2.04. The lowest BCUT2D eigenvalue weighted by Gasteiger charge is -2.31. The van der Waals surface area contributed by atoms with E-state index in [1.807, 2.05) is 0 Å². The standard InChI is InChI=1S/C48H74N12O14S2/c1-8-25(4)38-45(71)53-28(15-16-35(49)62)40(66)55-31(20-36(50)63)41(67)57-33(46(72)60-17-9-10-34(60)44(70)56-29(18-24(2)3)39(65)52-21-37(51)64)23-76-75-22-32(58-47(73)74-48(5,6)7)43(69)54-30(42(68)59-38)19-26-11-13-27(61)14-12-26/h11-14,24-25,28-34,38,61H,8-10,15-23H2,1-7H3,(H2,49,62)(H2,50,63)(H2,51,64)(H,52,65)(H,53,71)(H,54,69)(H,55,66)(H,56,70)(H,57,67)(H,58,73)(H,59,68)/t25-,28-,29-,30-,31-,32-,33-,34-,38-/m0/s1. The van der Waals surface area contributed by atoms with E-state index >= 15 is 0 Å². The van der Waals surface area contributed by atoms with Crippen LogP contribution in [0.2, 0.25) is 0 Å². The van der Waals surface area contributed by atoms with Crippen LogP contribution in [0.25, 0.3) is 0 Å². The average Bonchev–Trinajstić information content (AvgIpc) is 3.83. The van der Waals surface area contributed by atoms with Crippen molar-refractivity contribution in [3.63, 3.8) is 0 Å². The first-order valence-corrected chi connectivity index (χ1v) is 27.3. The largest absolute Gasteiger partial charge is 0.508 e. The van der Waals surface area contributed by atoms with Gasteiger partial charge in [-0.05, 0) is 76.0 Å². The van der Waals surface area contributed by atoms with Gasteiger partial charge in [0.05, 0.1) is 13.0 Å². The molecule has 0 unspecified atom stereocenters. The molecule has 2 fully saturated rings. The fourth-order valence-electron chi connectivity index (χ4n) is 7.89. The van der Waals surface area contributed by atoms with Gasteiger partial charge in [-0.1, -0.05) is 67.8 Å². The van der Waals surface area contributed by atoms with Crippen molar-refractivity contribution < 1.29 is 67.4 Å². The number of rotatable bonds is 18. The number of aromatic hydroxyl groups is 1. The first-order valence-electron chi connectivity index (χ1n) is 24.9. The van der Waals surface area contributed by atoms with Gasteiger partial charge in [0.15, 0.2) is 0 Å². The summed E-state index contributed by atoms with van der Waals surface area (Å²) in [6, 6.07) is -5.84. The summed E-state index contributed by atoms with van der Waals surface area (Å²) in [5.41, 5.74) is 15.6. The third kappa shape index (κ3) is 21.4. The molecule has 2 aliphatic rings. The van der Waals surface area contributed by atoms with Crippen molar-refractivity contribution in [3.05, 3.63) is 29.8 Å². The van der Waals surface area contributed by atoms with Crippen LogP contribution in [0.15, 0.2) is 24.3 Å². The van der Waals surface area contributed by atoms with Gasteiger partial charge >= 0.3 is 6.09 Å². The quantitative estimate of drug-likeness (QED) is 0.0705. The molecule has 0 radical (unpaired) electrons. The molecule has 0 aromatic heterocycles. The van der Waals surface area contributed by atoms with Gasteiger partial charge in [-0.3, -0.25) is 52.7 Å². The Morgan fingerprint density at radius 2 is 1.39 bits per heavy atom. The fraction of sp³-hybridized carbons (Fsp3) is 0.625. The van der Waals surface area contributed by atoms with E-state index < -0.39 is 157 Å². The monoisotopic (exact) mass is 1110 g/mol. The summed E-state index contributed by atoms with van der Waals surface area (Å²) < 4.78 is 5.45. The molecular formula is C48H74N12O14S2. The Kier molecular flexibility index (Phi) is 25.1. The Bertz CT molecular complexity index is 2280. The van der Waals surface area contributed by atoms with Gasteiger partial charge in [0, 0.05) is 30.9 Å². The number of hydrogen-bond acceptors (Lipinski definition) is 16. The highest BCUT2D eigenvalue weighted by Crippen LogP contribution is 2.27. The molecule has 76 heavy (non-hydrogen) atoms. The van der Waals surface area contributed by atoms with Crippen molar-refractivity contribution in [2.45, 2.75) is 154 Å². The van der Waals surface area contributed by atoms with Crippen molar-refractivity contribution >= 4 is 92.7 Å². The molecule has 0 aliphatic carbocycles. The van der Waals surface area contributed by atoms with Crippen LogP contribution in [0.1, 0.15) is 99.0 Å². The van der Waals surface area contributed by atoms with E-state index in [0.717, 1.165) is 21.6 Å². The van der Waals surface area contributed by atoms with Crippen LogP contribution in [0.5, 0.6) is 5.75 Å². The minimum atomic E-state index is -1.80. The van der Waals surface area contributed by atoms with E-state index in [0.29, 0.717) is 18.4 Å². The van der Waals surface area contributed by atoms with Crippen LogP contribution in [0.3, 0.4) is 0 Å². The molecule has 0 bridgehead atoms. The Morgan fingerprint density at radius 3 is 1.99 bits per heavy atom. The van der Waals surface area contributed by atoms with E-state index in [2.05, 4.69) is 42.5 Å². The average molecular weight is 1110 g/mol. The third-order valence-corrected chi connectivity index (χ3v) is 14.4. The third-order valence-electron chi connectivity index (χ3n) is 11.9. The smallest absolute Gasteiger partial charge is 0.408 e. The van der Waals surface area contributed by atoms with Gasteiger partial charge < -0.3 is 74.5 Å². The molecule has 3 rings (SSSR count). The summed E-state index contributed by atoms with van der Waals surface area (Å²) in [5, 5.41) is 30.4. The van der Waals surface area contributed by atoms with E-state index in [9.17, 15) is 62.6 Å². The van der Waals surface area contributed by atoms with Crippen LogP contribution in [-0.2, 0) is 63.9 Å². The van der Waals surface area contributed by atoms with Gasteiger partial charge in [-0.15, -0.1) is 0 Å². The predicted molar refractivity (Wildman–Crippen MR) is 280 cm³/mol. The summed E-state index contributed by atoms with van der Waals surface area (Å²) in [7, 11) is 1.89. The highest BCUT2D eigenvalue weighted by molar-refractivity contribution is 8.76. The van der Waals surface area contributed by atoms with E-state index in [-0.39, 0.29) is 49.0 Å². The summed E-state index contributed by atoms with van der Waals surface area (Å²) in [6.45, 7) is 11.3. The number of primary amides is 3. The Balaban J connectivity index is 2.17. The molecule has 1 aromatic carbocycles. The minimum absolute atomic E-state index is 0.00505. The topological polar surface area (TPSA) is 412 Å². The molecule has 12 amide bonds. The van der Waals surface area contributed by atoms with Crippen molar-refractivity contribution in [2.75, 3.05) is 24.6 Å². The Morgan fingerprint density at radius 1 is 0.789 bits per heavy atom. The molecule has 1 aromatic rings. The maximum atomic E-state index is 14.7. The number of ether oxygens (including phenoxy) is 1. The minimum Gasteiger partial charge on any atom is -0.508 e. The van der Waals surface area contributed by atoms with E-state index in [1.165, 1.54) is 29.2 Å². The summed E-state index contributed by atoms with van der Waals surface area (Å²) in [6.07, 6.45) is -2.04. The first-order chi connectivity index (χ1) is 35.6. The molecule has 2 heterocycles. The van der Waals surface area contributed by atoms with Crippen LogP contribution in [-0.4, -0.2) is 160 Å². The fourth-order valence-corrected chi connectivity index (χ4v) is 10.2. The zero-order valence-corrected chi connectivity index (χ0v) is 45.5. The van der Waals surface area contributed by atoms with Crippen molar-refractivity contribution in [1.82, 2.24) is 47.4 Å². The molecular weight excluding hydrogens is 1030 g/mol. The first kappa shape index (κ1) is 63.5. The number of nitrogens with two attached hydrogens (primary N) is 3. The number of carbonyl (C=O) groups is 12. The molecule has 422 valence electrons. The maximum absolute atomic E-state index is 14.7. The number of phenolic OH excluding ortho intramolecular Hbond substituents is 1. The molecule has 2 aliphatic heterocycles. The molecule has 0 saturated carbocycles. The number of nitrogens with zero attached hydrogens (tertiary/aromatic N) is 1. The highest BCUT2D eigenvalue weighted by Gasteiger charge is 2.41. The maximum Gasteiger partial charge on any atom is 0.408 e. The van der Waals surface area contributed by atoms with E-state index in [1.54, 1.807) is 48.5 Å². The van der Waals surface area contributed by atoms with Gasteiger partial charge in [0.2, 0.25) is 65.0 Å². The molecule has 28 heteroatoms. The molecule has 9 atom stereocenters. The van der Waals surface area contributed by atoms with Crippen LogP contribution in [0.4, 0.5) is 4.79 Å². The Hall–Kier alpha value is -6.84. The van der Waals surface area contributed by atoms with E-state index in [4.69, 9.17) is 21.9 Å². The van der Waals surface area contributed by atoms with Crippen LogP contribution < -0.4 is 59.7 Å². The van der Waals surface area contributed by atoms with Gasteiger partial charge in [0.25, 0.3) is 0 Å². The number of likely N-dealkylation sites (tertiary alicyclic amines) is 1. The molecule has 15 N–H and O–H groups in total. The summed E-state index contributed by atoms with van der Waals surface area (Å²) >= 11 is 0. The normalized spacial score (nSPS) is 23.2. The van der Waals surface area contributed by atoms with Gasteiger partial charge in [0.1, 0.15) is 59.7 Å². The second-order valence-electron chi connectivity index (χ2n) is 20.0. The summed E-state index contributed by atoms with van der Waals surface area (Å²) in [4.78, 5) is 164. The highest BCUT2D eigenvalue weighted by atomic mass is 33.1. The Labute approximate surface area is 448 Å². The van der Waals surface area contributed by atoms with Crippen molar-refractivity contribution in [3.8, 4) is 5.75 Å². The zero-order chi connectivity index (χ0) is 57.0. The number of nitrogens with one attached hydrogen (secondary N) is 8. The zero-order valence-electron chi connectivity index (χ0n) is 43.8. The van der Waals surface area contributed by atoms with Crippen molar-refractivity contribution in [1.29, 1.82) is 0 Å². The molecule has 0 spiro atoms.